The van der Waals surface area contributed by atoms with E-state index < -0.39 is 10.0 Å². The number of benzene rings is 8. The number of hydrogen-bond donors (Lipinski definition) is 10. The molecule has 6 amide bonds. The quantitative estimate of drug-likeness (QED) is 0.0322. The van der Waals surface area contributed by atoms with Crippen LogP contribution < -0.4 is 36.1 Å². The van der Waals surface area contributed by atoms with Crippen LogP contribution in [0.3, 0.4) is 0 Å². The monoisotopic (exact) mass is 1750 g/mol. The molecule has 10 N–H and O–H groups in total. The predicted molar refractivity (Wildman–Crippen MR) is 475 cm³/mol. The van der Waals surface area contributed by atoms with Gasteiger partial charge in [-0.15, -0.1) is 0 Å². The Bertz CT molecular complexity index is 6230. The number of H-pyrrole nitrogens is 5. The summed E-state index contributed by atoms with van der Waals surface area (Å²) in [5.74, 6) is 1.24. The smallest absolute Gasteiger partial charge is 0.268 e. The van der Waals surface area contributed by atoms with Crippen molar-refractivity contribution in [3.8, 4) is 17.2 Å². The van der Waals surface area contributed by atoms with Crippen LogP contribution in [0.5, 0.6) is 11.5 Å². The lowest BCUT2D eigenvalue weighted by molar-refractivity contribution is -0.135. The second kappa shape index (κ2) is 37.2. The fourth-order valence-corrected chi connectivity index (χ4v) is 15.3. The zero-order chi connectivity index (χ0) is 85.5. The van der Waals surface area contributed by atoms with E-state index in [1.807, 2.05) is 173 Å². The number of rotatable bonds is 21. The van der Waals surface area contributed by atoms with E-state index >= 15 is 0 Å². The van der Waals surface area contributed by atoms with Gasteiger partial charge in [0.25, 0.3) is 29.5 Å². The van der Waals surface area contributed by atoms with E-state index in [0.29, 0.717) is 90.6 Å². The average molecular weight is 1760 g/mol. The highest BCUT2D eigenvalue weighted by atomic mass is 35.5. The van der Waals surface area contributed by atoms with Crippen molar-refractivity contribution in [1.82, 2.24) is 70.5 Å². The van der Waals surface area contributed by atoms with Crippen LogP contribution in [-0.2, 0) is 25.9 Å². The molecule has 7 heterocycles. The van der Waals surface area contributed by atoms with Gasteiger partial charge in [0.2, 0.25) is 15.9 Å². The summed E-state index contributed by atoms with van der Waals surface area (Å²) in [7, 11) is 1.60. The van der Waals surface area contributed by atoms with Crippen LogP contribution in [0, 0.1) is 5.92 Å². The molecule has 622 valence electrons. The molecule has 0 spiro atoms. The molecule has 0 bridgehead atoms. The van der Waals surface area contributed by atoms with Gasteiger partial charge in [0.15, 0.2) is 0 Å². The number of methoxy groups -OCH3 is 2. The summed E-state index contributed by atoms with van der Waals surface area (Å²) < 4.78 is 36.1. The molecule has 31 heteroatoms. The van der Waals surface area contributed by atoms with Gasteiger partial charge in [-0.25, -0.2) is 17.4 Å². The Labute approximate surface area is 722 Å². The third kappa shape index (κ3) is 21.5. The molecule has 3 atom stereocenters. The minimum Gasteiger partial charge on any atom is -0.497 e. The Morgan fingerprint density at radius 1 is 0.483 bits per heavy atom. The zero-order valence-electron chi connectivity index (χ0n) is 66.6. The molecule has 0 radical (unpaired) electrons. The Balaban J connectivity index is 0.000000130. The Morgan fingerprint density at radius 2 is 0.825 bits per heavy atom. The van der Waals surface area contributed by atoms with Crippen molar-refractivity contribution in [3.05, 3.63) is 282 Å². The molecular weight excluding hydrogens is 1670 g/mol. The highest BCUT2D eigenvalue weighted by molar-refractivity contribution is 7.88. The average Bonchev–Trinajstić information content (AvgIpc) is 1.60. The van der Waals surface area contributed by atoms with Crippen molar-refractivity contribution in [3.63, 3.8) is 0 Å². The number of likely N-dealkylation sites (tertiary alicyclic amines) is 1. The number of halogens is 6. The fourth-order valence-electron chi connectivity index (χ4n) is 13.8. The van der Waals surface area contributed by atoms with Gasteiger partial charge in [-0.3, -0.25) is 28.8 Å². The van der Waals surface area contributed by atoms with Crippen molar-refractivity contribution < 1.29 is 46.7 Å². The van der Waals surface area contributed by atoms with E-state index in [1.165, 1.54) is 11.4 Å². The first-order chi connectivity index (χ1) is 57.3. The third-order valence-corrected chi connectivity index (χ3v) is 24.2. The second-order valence-corrected chi connectivity index (χ2v) is 34.9. The number of aromatic nitrogens is 7. The van der Waals surface area contributed by atoms with Crippen LogP contribution in [-0.4, -0.2) is 147 Å². The molecule has 1 saturated heterocycles. The molecule has 2 aliphatic carbocycles. The molecule has 14 aromatic rings. The number of amides is 6. The lowest BCUT2D eigenvalue weighted by Gasteiger charge is -2.42. The van der Waals surface area contributed by atoms with E-state index in [9.17, 15) is 37.2 Å². The van der Waals surface area contributed by atoms with E-state index in [4.69, 9.17) is 79.1 Å². The minimum atomic E-state index is -3.20. The number of ether oxygens (including phenoxy) is 2. The number of hydrogen-bond acceptors (Lipinski definition) is 11. The van der Waals surface area contributed by atoms with Gasteiger partial charge < -0.3 is 65.9 Å². The maximum absolute atomic E-state index is 12.7. The number of carbonyl (C=O) groups is 6. The molecule has 3 unspecified atom stereocenters. The molecule has 6 aromatic heterocycles. The molecule has 3 aliphatic rings. The number of fused-ring (bicyclic) bond motifs is 5. The summed E-state index contributed by atoms with van der Waals surface area (Å²) in [4.78, 5) is 90.9. The van der Waals surface area contributed by atoms with Gasteiger partial charge in [0.05, 0.1) is 49.5 Å². The summed E-state index contributed by atoms with van der Waals surface area (Å²) in [6.45, 7) is 9.07. The van der Waals surface area contributed by atoms with Gasteiger partial charge in [-0.05, 0) is 234 Å². The van der Waals surface area contributed by atoms with Crippen molar-refractivity contribution >= 4 is 170 Å². The summed E-state index contributed by atoms with van der Waals surface area (Å²) in [5.41, 5.74) is 10.4. The Morgan fingerprint density at radius 3 is 1.18 bits per heavy atom. The van der Waals surface area contributed by atoms with Gasteiger partial charge in [0, 0.05) is 148 Å². The first kappa shape index (κ1) is 86.6. The predicted octanol–water partition coefficient (Wildman–Crippen LogP) is 18.3. The number of nitrogens with zero attached hydrogens (tertiary/aromatic N) is 4. The molecule has 1 aliphatic heterocycles. The molecule has 8 aromatic carbocycles. The lowest BCUT2D eigenvalue weighted by Crippen LogP contribution is -2.56. The first-order valence-electron chi connectivity index (χ1n) is 38.5. The molecule has 2 saturated carbocycles. The van der Waals surface area contributed by atoms with Crippen LogP contribution in [0.2, 0.25) is 30.1 Å². The first-order valence-corrected chi connectivity index (χ1v) is 42.7. The van der Waals surface area contributed by atoms with Crippen LogP contribution >= 0.6 is 69.6 Å². The lowest BCUT2D eigenvalue weighted by atomic mass is 9.92. The minimum absolute atomic E-state index is 0.0260. The Kier molecular flexibility index (Phi) is 26.8. The normalized spacial score (nSPS) is 14.4. The highest BCUT2D eigenvalue weighted by Gasteiger charge is 2.47. The van der Waals surface area contributed by atoms with Crippen molar-refractivity contribution in [1.29, 1.82) is 0 Å². The van der Waals surface area contributed by atoms with Crippen LogP contribution in [0.4, 0.5) is 0 Å². The summed E-state index contributed by atoms with van der Waals surface area (Å²) in [5, 5.41) is 28.0. The number of sulfonamides is 1. The SMILES string of the molecule is CC(=O)N1CC(C(C)NC(=O)c2cc3cc(Cl)ccc3[nH]2)C1.CC(CCN(C)S(C)(=O)=O)NC(=O)c1cc2cc(Cl)ccc2[nH]1.COc1ccc(-n2cc(C(C)NC(=O)c3cc4cc(Cl)ccc4[nH]3)cn2)cc1.COc1ccc(C2(NC(=O)c3cc4cc(Cl)ccc4[nH]3)CC2)cc1.O=C(NC1(c2ccc(Cl)cc2)CC1)c1cc2cc(Cl)ccc2[nH]1. The van der Waals surface area contributed by atoms with Crippen LogP contribution in [0.1, 0.15) is 135 Å². The van der Waals surface area contributed by atoms with Gasteiger partial charge in [0.1, 0.15) is 40.0 Å². The number of aromatic amines is 5. The standard InChI is InChI=1S/C21H19ClN4O2.C19H17ClN2O2.C18H14Cl2N2O.C16H18ClN3O2.C15H20ClN3O3S/c1-13(15-11-23-26(12-15)17-4-6-18(28-2)7-5-17)24-21(27)20-10-14-9-16(22)3-8-19(14)25-20;1-24-15-5-2-13(3-6-15)19(8-9-19)22-18(23)17-11-12-10-14(20)4-7-16(12)21-17;19-13-3-1-12(2-4-13)18(7-8-18)22-17(23)16-10-11-9-14(20)5-6-15(11)21-16;1-9(12-7-20(8-12)10(2)21)18-16(22)15-6-11-5-13(17)3-4-14(11)19-15;1-10(6-7-19(2)23(3,21)22)17-15(20)14-9-11-8-12(16)4-5-13(11)18-14/h3-13,25H,1-2H3,(H,24,27);2-7,10-11,21H,8-9H2,1H3,(H,22,23);1-6,9-10,21H,7-8H2,(H,22,23);3-6,9,12,19H,7-8H2,1-2H3,(H,18,22);4-5,8-10,18H,6-7H2,1-3H3,(H,17,20). The molecule has 17 rings (SSSR count). The summed E-state index contributed by atoms with van der Waals surface area (Å²) in [6.07, 6.45) is 9.10. The molecule has 24 nitrogen and oxygen atoms in total. The van der Waals surface area contributed by atoms with Crippen molar-refractivity contribution in [2.45, 2.75) is 89.0 Å². The van der Waals surface area contributed by atoms with E-state index in [-0.39, 0.29) is 64.6 Å². The number of carbonyl (C=O) groups excluding carboxylic acids is 6. The van der Waals surface area contributed by atoms with Crippen LogP contribution in [0.15, 0.2) is 207 Å². The third-order valence-electron chi connectivity index (χ3n) is 21.4. The summed E-state index contributed by atoms with van der Waals surface area (Å²) in [6, 6.07) is 59.2. The van der Waals surface area contributed by atoms with Gasteiger partial charge >= 0.3 is 0 Å². The molecular formula is C89H88Cl6N14O10S. The number of nitrogens with one attached hydrogen (secondary N) is 10. The molecule has 3 fully saturated rings. The van der Waals surface area contributed by atoms with E-state index in [2.05, 4.69) is 56.6 Å². The largest absolute Gasteiger partial charge is 0.497 e. The Hall–Kier alpha value is -11.3. The van der Waals surface area contributed by atoms with Crippen LogP contribution in [0.25, 0.3) is 60.2 Å². The second-order valence-electron chi connectivity index (χ2n) is 30.2. The highest BCUT2D eigenvalue weighted by Crippen LogP contribution is 2.47. The van der Waals surface area contributed by atoms with E-state index in [0.717, 1.165) is 120 Å². The van der Waals surface area contributed by atoms with Gasteiger partial charge in [-0.1, -0.05) is 93.9 Å². The fraction of sp³-hybridized carbons (Fsp3) is 0.247. The van der Waals surface area contributed by atoms with Crippen molar-refractivity contribution in [2.24, 2.45) is 5.92 Å². The maximum atomic E-state index is 12.7. The van der Waals surface area contributed by atoms with E-state index in [1.54, 1.807) is 85.5 Å². The van der Waals surface area contributed by atoms with Crippen molar-refractivity contribution in [2.75, 3.05) is 47.2 Å². The zero-order valence-corrected chi connectivity index (χ0v) is 72.0. The van der Waals surface area contributed by atoms with Gasteiger partial charge in [-0.2, -0.15) is 5.10 Å². The topological polar surface area (TPSA) is 318 Å². The maximum Gasteiger partial charge on any atom is 0.268 e. The summed E-state index contributed by atoms with van der Waals surface area (Å²) >= 11 is 35.8. The molecule has 120 heavy (non-hydrogen) atoms.